The molecule has 28 heavy (non-hydrogen) atoms. The predicted octanol–water partition coefficient (Wildman–Crippen LogP) is 4.43. The minimum atomic E-state index is 0.101. The fourth-order valence-electron chi connectivity index (χ4n) is 4.35. The number of nitrogens with one attached hydrogen (secondary N) is 2. The average molecular weight is 374 g/mol. The van der Waals surface area contributed by atoms with Crippen molar-refractivity contribution in [1.82, 2.24) is 14.9 Å². The smallest absolute Gasteiger partial charge is 0.228 e. The molecule has 2 aliphatic rings. The summed E-state index contributed by atoms with van der Waals surface area (Å²) < 4.78 is 0. The number of aromatic amines is 1. The number of aromatic nitrogens is 2. The standard InChI is InChI=1S/C23H26N4O/c28-23(17-5-4-14-27(15-17)19-6-3-7-19)24-18-12-10-16(11-13-18)22-25-20-8-1-2-9-21(20)26-22/h1-2,8-13,17,19H,3-7,14-15H2,(H,24,28)(H,25,26). The van der Waals surface area contributed by atoms with Gasteiger partial charge in [0.2, 0.25) is 5.91 Å². The molecule has 144 valence electrons. The third-order valence-electron chi connectivity index (χ3n) is 6.23. The summed E-state index contributed by atoms with van der Waals surface area (Å²) in [6, 6.07) is 16.7. The van der Waals surface area contributed by atoms with Gasteiger partial charge in [0, 0.05) is 23.8 Å². The van der Waals surface area contributed by atoms with E-state index in [1.165, 1.54) is 19.3 Å². The van der Waals surface area contributed by atoms with Crippen molar-refractivity contribution < 1.29 is 4.79 Å². The molecule has 1 aromatic heterocycles. The van der Waals surface area contributed by atoms with Crippen LogP contribution in [0, 0.1) is 5.92 Å². The van der Waals surface area contributed by atoms with Gasteiger partial charge in [0.1, 0.15) is 5.82 Å². The highest BCUT2D eigenvalue weighted by atomic mass is 16.1. The van der Waals surface area contributed by atoms with Crippen LogP contribution >= 0.6 is 0 Å². The van der Waals surface area contributed by atoms with Crippen LogP contribution in [0.4, 0.5) is 5.69 Å². The number of piperidine rings is 1. The molecule has 1 aliphatic carbocycles. The normalized spacial score (nSPS) is 20.8. The second-order valence-corrected chi connectivity index (χ2v) is 8.09. The van der Waals surface area contributed by atoms with Crippen LogP contribution in [0.2, 0.25) is 0 Å². The molecule has 5 heteroatoms. The summed E-state index contributed by atoms with van der Waals surface area (Å²) in [6.45, 7) is 2.06. The number of benzene rings is 2. The lowest BCUT2D eigenvalue weighted by Crippen LogP contribution is -2.48. The SMILES string of the molecule is O=C(Nc1ccc(-c2nc3ccccc3[nH]2)cc1)C1CCCN(C2CCC2)C1. The lowest BCUT2D eigenvalue weighted by Gasteiger charge is -2.42. The molecular weight excluding hydrogens is 348 g/mol. The maximum Gasteiger partial charge on any atom is 0.228 e. The number of hydrogen-bond donors (Lipinski definition) is 2. The van der Waals surface area contributed by atoms with E-state index in [0.29, 0.717) is 0 Å². The summed E-state index contributed by atoms with van der Waals surface area (Å²) in [5.41, 5.74) is 3.86. The monoisotopic (exact) mass is 374 g/mol. The number of fused-ring (bicyclic) bond motifs is 1. The minimum Gasteiger partial charge on any atom is -0.338 e. The Labute approximate surface area is 165 Å². The van der Waals surface area contributed by atoms with Crippen molar-refractivity contribution >= 4 is 22.6 Å². The molecule has 1 unspecified atom stereocenters. The van der Waals surface area contributed by atoms with Crippen LogP contribution in [-0.4, -0.2) is 39.9 Å². The van der Waals surface area contributed by atoms with Crippen molar-refractivity contribution in [2.45, 2.75) is 38.1 Å². The highest BCUT2D eigenvalue weighted by Crippen LogP contribution is 2.29. The number of rotatable bonds is 4. The first-order chi connectivity index (χ1) is 13.8. The average Bonchev–Trinajstić information content (AvgIpc) is 3.12. The fraction of sp³-hybridized carbons (Fsp3) is 0.391. The van der Waals surface area contributed by atoms with Crippen molar-refractivity contribution in [3.63, 3.8) is 0 Å². The Balaban J connectivity index is 1.25. The van der Waals surface area contributed by atoms with Gasteiger partial charge in [-0.1, -0.05) is 18.6 Å². The van der Waals surface area contributed by atoms with Crippen molar-refractivity contribution in [2.75, 3.05) is 18.4 Å². The molecule has 1 aliphatic heterocycles. The quantitative estimate of drug-likeness (QED) is 0.710. The Morgan fingerprint density at radius 2 is 1.86 bits per heavy atom. The Kier molecular flexibility index (Phi) is 4.61. The van der Waals surface area contributed by atoms with Gasteiger partial charge >= 0.3 is 0 Å². The highest BCUT2D eigenvalue weighted by Gasteiger charge is 2.32. The third-order valence-corrected chi connectivity index (χ3v) is 6.23. The number of anilines is 1. The Morgan fingerprint density at radius 1 is 1.04 bits per heavy atom. The first kappa shape index (κ1) is 17.4. The molecule has 5 nitrogen and oxygen atoms in total. The molecule has 1 saturated carbocycles. The number of carbonyl (C=O) groups is 1. The number of H-pyrrole nitrogens is 1. The molecule has 3 aromatic rings. The number of hydrogen-bond acceptors (Lipinski definition) is 3. The minimum absolute atomic E-state index is 0.101. The van der Waals surface area contributed by atoms with E-state index >= 15 is 0 Å². The zero-order chi connectivity index (χ0) is 18.9. The summed E-state index contributed by atoms with van der Waals surface area (Å²) in [4.78, 5) is 23.3. The second kappa shape index (κ2) is 7.40. The van der Waals surface area contributed by atoms with E-state index in [9.17, 15) is 4.79 Å². The molecule has 0 spiro atoms. The first-order valence-corrected chi connectivity index (χ1v) is 10.4. The van der Waals surface area contributed by atoms with Crippen LogP contribution in [0.15, 0.2) is 48.5 Å². The van der Waals surface area contributed by atoms with Crippen LogP contribution in [0.5, 0.6) is 0 Å². The van der Waals surface area contributed by atoms with Crippen molar-refractivity contribution in [2.24, 2.45) is 5.92 Å². The second-order valence-electron chi connectivity index (χ2n) is 8.09. The molecule has 0 radical (unpaired) electrons. The molecule has 2 fully saturated rings. The Bertz CT molecular complexity index is 941. The molecule has 0 bridgehead atoms. The van der Waals surface area contributed by atoms with Crippen LogP contribution in [-0.2, 0) is 4.79 Å². The summed E-state index contributed by atoms with van der Waals surface area (Å²) in [5.74, 6) is 1.10. The number of amides is 1. The number of carbonyl (C=O) groups excluding carboxylic acids is 1. The van der Waals surface area contributed by atoms with Gasteiger partial charge in [0.25, 0.3) is 0 Å². The molecule has 2 aromatic carbocycles. The maximum absolute atomic E-state index is 12.8. The van der Waals surface area contributed by atoms with Gasteiger partial charge in [-0.25, -0.2) is 4.98 Å². The number of nitrogens with zero attached hydrogens (tertiary/aromatic N) is 2. The molecule has 2 heterocycles. The number of likely N-dealkylation sites (tertiary alicyclic amines) is 1. The third kappa shape index (κ3) is 3.42. The topological polar surface area (TPSA) is 61.0 Å². The zero-order valence-electron chi connectivity index (χ0n) is 16.0. The van der Waals surface area contributed by atoms with E-state index < -0.39 is 0 Å². The molecular formula is C23H26N4O. The number of imidazole rings is 1. The molecule has 2 N–H and O–H groups in total. The zero-order valence-corrected chi connectivity index (χ0v) is 16.0. The highest BCUT2D eigenvalue weighted by molar-refractivity contribution is 5.93. The van der Waals surface area contributed by atoms with Gasteiger partial charge in [0.15, 0.2) is 0 Å². The molecule has 1 amide bonds. The fourth-order valence-corrected chi connectivity index (χ4v) is 4.35. The van der Waals surface area contributed by atoms with Gasteiger partial charge in [-0.2, -0.15) is 0 Å². The summed E-state index contributed by atoms with van der Waals surface area (Å²) >= 11 is 0. The van der Waals surface area contributed by atoms with Gasteiger partial charge in [-0.3, -0.25) is 9.69 Å². The van der Waals surface area contributed by atoms with Gasteiger partial charge in [0.05, 0.1) is 17.0 Å². The lowest BCUT2D eigenvalue weighted by atomic mass is 9.87. The van der Waals surface area contributed by atoms with E-state index in [1.54, 1.807) is 0 Å². The lowest BCUT2D eigenvalue weighted by molar-refractivity contribution is -0.122. The largest absolute Gasteiger partial charge is 0.338 e. The van der Waals surface area contributed by atoms with Crippen molar-refractivity contribution in [1.29, 1.82) is 0 Å². The molecule has 1 atom stereocenters. The van der Waals surface area contributed by atoms with Crippen LogP contribution < -0.4 is 5.32 Å². The summed E-state index contributed by atoms with van der Waals surface area (Å²) in [7, 11) is 0. The maximum atomic E-state index is 12.8. The number of para-hydroxylation sites is 2. The Hall–Kier alpha value is -2.66. The first-order valence-electron chi connectivity index (χ1n) is 10.4. The van der Waals surface area contributed by atoms with Crippen molar-refractivity contribution in [3.8, 4) is 11.4 Å². The van der Waals surface area contributed by atoms with Crippen LogP contribution in [0.25, 0.3) is 22.4 Å². The van der Waals surface area contributed by atoms with Gasteiger partial charge < -0.3 is 10.3 Å². The predicted molar refractivity (Wildman–Crippen MR) is 112 cm³/mol. The van der Waals surface area contributed by atoms with E-state index in [0.717, 1.165) is 60.1 Å². The van der Waals surface area contributed by atoms with E-state index in [-0.39, 0.29) is 11.8 Å². The summed E-state index contributed by atoms with van der Waals surface area (Å²) in [6.07, 6.45) is 6.07. The van der Waals surface area contributed by atoms with Crippen LogP contribution in [0.1, 0.15) is 32.1 Å². The van der Waals surface area contributed by atoms with E-state index in [2.05, 4.69) is 20.2 Å². The van der Waals surface area contributed by atoms with Gasteiger partial charge in [-0.15, -0.1) is 0 Å². The van der Waals surface area contributed by atoms with Crippen molar-refractivity contribution in [3.05, 3.63) is 48.5 Å². The molecule has 5 rings (SSSR count). The van der Waals surface area contributed by atoms with Crippen LogP contribution in [0.3, 0.4) is 0 Å². The van der Waals surface area contributed by atoms with Gasteiger partial charge in [-0.05, 0) is 68.6 Å². The summed E-state index contributed by atoms with van der Waals surface area (Å²) in [5, 5.41) is 3.12. The molecule has 1 saturated heterocycles. The van der Waals surface area contributed by atoms with E-state index in [1.807, 2.05) is 48.5 Å². The van der Waals surface area contributed by atoms with E-state index in [4.69, 9.17) is 0 Å². The Morgan fingerprint density at radius 3 is 2.61 bits per heavy atom.